The first-order chi connectivity index (χ1) is 9.35. The lowest BCUT2D eigenvalue weighted by Crippen LogP contribution is -2.42. The number of fused-ring (bicyclic) bond motifs is 1. The second-order valence-corrected chi connectivity index (χ2v) is 6.17. The largest absolute Gasteiger partial charge is 0.264 e. The summed E-state index contributed by atoms with van der Waals surface area (Å²) in [6.45, 7) is 0. The lowest BCUT2D eigenvalue weighted by atomic mass is 10.1. The minimum absolute atomic E-state index is 0.448. The molecule has 0 unspecified atom stereocenters. The first kappa shape index (κ1) is 12.9. The van der Waals surface area contributed by atoms with Crippen LogP contribution in [0.4, 0.5) is 0 Å². The highest BCUT2D eigenvalue weighted by Gasteiger charge is 2.36. The number of nitriles is 1. The number of nitrogens with zero attached hydrogens (tertiary/aromatic N) is 3. The first-order valence-corrected chi connectivity index (χ1v) is 8.44. The lowest BCUT2D eigenvalue weighted by Gasteiger charge is -2.07. The molecule has 3 heterocycles. The van der Waals surface area contributed by atoms with E-state index in [4.69, 9.17) is 0 Å². The van der Waals surface area contributed by atoms with Crippen LogP contribution >= 0.6 is 34.4 Å². The Kier molecular flexibility index (Phi) is 3.71. The number of pyridine rings is 2. The third kappa shape index (κ3) is 2.23. The standard InChI is InChI=1S/C14H11IN3S/c15-6-12-9-19-14-10(7-16)3-4-13(18(12)14)11-2-1-5-17-8-11/h1-5,8,12H,6,9H2/q+1/t12-/m1/s1. The van der Waals surface area contributed by atoms with E-state index in [0.717, 1.165) is 32.0 Å². The molecule has 0 saturated carbocycles. The number of hydrogen-bond donors (Lipinski definition) is 0. The number of thioether (sulfide) groups is 1. The van der Waals surface area contributed by atoms with Gasteiger partial charge in [-0.25, -0.2) is 0 Å². The van der Waals surface area contributed by atoms with Crippen LogP contribution in [0.1, 0.15) is 11.6 Å². The minimum Gasteiger partial charge on any atom is -0.264 e. The Bertz CT molecular complexity index is 652. The van der Waals surface area contributed by atoms with Gasteiger partial charge < -0.3 is 0 Å². The SMILES string of the molecule is N#Cc1ccc(-c2cccnc2)[n+]2c1SC[C@H]2CI. The zero-order valence-corrected chi connectivity index (χ0v) is 13.1. The normalized spacial score (nSPS) is 16.9. The molecule has 5 heteroatoms. The lowest BCUT2D eigenvalue weighted by molar-refractivity contribution is -0.732. The summed E-state index contributed by atoms with van der Waals surface area (Å²) in [5.41, 5.74) is 3.02. The summed E-state index contributed by atoms with van der Waals surface area (Å²) < 4.78 is 3.34. The highest BCUT2D eigenvalue weighted by atomic mass is 127. The zero-order valence-electron chi connectivity index (χ0n) is 10.1. The van der Waals surface area contributed by atoms with Crippen molar-refractivity contribution >= 4 is 34.4 Å². The van der Waals surface area contributed by atoms with E-state index in [0.29, 0.717) is 6.04 Å². The summed E-state index contributed by atoms with van der Waals surface area (Å²) in [6.07, 6.45) is 3.66. The average molecular weight is 380 g/mol. The van der Waals surface area contributed by atoms with Crippen molar-refractivity contribution in [3.8, 4) is 17.3 Å². The van der Waals surface area contributed by atoms with E-state index in [1.54, 1.807) is 18.0 Å². The van der Waals surface area contributed by atoms with Crippen LogP contribution in [-0.2, 0) is 0 Å². The van der Waals surface area contributed by atoms with Crippen molar-refractivity contribution < 1.29 is 4.57 Å². The van der Waals surface area contributed by atoms with Crippen LogP contribution in [0.3, 0.4) is 0 Å². The van der Waals surface area contributed by atoms with Gasteiger partial charge in [-0.3, -0.25) is 4.98 Å². The molecule has 0 fully saturated rings. The van der Waals surface area contributed by atoms with Gasteiger partial charge in [0, 0.05) is 18.5 Å². The van der Waals surface area contributed by atoms with Crippen LogP contribution in [0, 0.1) is 11.3 Å². The number of hydrogen-bond acceptors (Lipinski definition) is 3. The van der Waals surface area contributed by atoms with E-state index in [9.17, 15) is 5.26 Å². The van der Waals surface area contributed by atoms with Gasteiger partial charge in [0.25, 0.3) is 5.03 Å². The summed E-state index contributed by atoms with van der Waals surface area (Å²) in [5.74, 6) is 1.04. The van der Waals surface area contributed by atoms with Gasteiger partial charge in [0.2, 0.25) is 5.69 Å². The van der Waals surface area contributed by atoms with Crippen LogP contribution in [0.25, 0.3) is 11.3 Å². The summed E-state index contributed by atoms with van der Waals surface area (Å²) in [7, 11) is 0. The summed E-state index contributed by atoms with van der Waals surface area (Å²) in [6, 6.07) is 10.7. The smallest absolute Gasteiger partial charge is 0.259 e. The van der Waals surface area contributed by atoms with Gasteiger partial charge in [-0.1, -0.05) is 22.6 Å². The maximum Gasteiger partial charge on any atom is 0.259 e. The van der Waals surface area contributed by atoms with Crippen LogP contribution in [0.15, 0.2) is 41.7 Å². The Hall–Kier alpha value is -1.13. The fourth-order valence-electron chi connectivity index (χ4n) is 2.26. The van der Waals surface area contributed by atoms with Crippen molar-refractivity contribution in [3.63, 3.8) is 0 Å². The van der Waals surface area contributed by atoms with Gasteiger partial charge in [0.1, 0.15) is 11.6 Å². The van der Waals surface area contributed by atoms with Gasteiger partial charge in [0.15, 0.2) is 6.04 Å². The second kappa shape index (κ2) is 5.47. The van der Waals surface area contributed by atoms with Crippen molar-refractivity contribution in [1.82, 2.24) is 4.98 Å². The Morgan fingerprint density at radius 1 is 1.47 bits per heavy atom. The van der Waals surface area contributed by atoms with Crippen LogP contribution in [-0.4, -0.2) is 15.2 Å². The molecule has 3 rings (SSSR count). The Morgan fingerprint density at radius 3 is 3.05 bits per heavy atom. The van der Waals surface area contributed by atoms with Crippen LogP contribution in [0.2, 0.25) is 0 Å². The molecule has 0 aromatic carbocycles. The molecule has 2 aromatic rings. The maximum atomic E-state index is 9.23. The van der Waals surface area contributed by atoms with Crippen molar-refractivity contribution in [2.45, 2.75) is 11.1 Å². The quantitative estimate of drug-likeness (QED) is 0.457. The highest BCUT2D eigenvalue weighted by Crippen LogP contribution is 2.33. The topological polar surface area (TPSA) is 40.6 Å². The van der Waals surface area contributed by atoms with E-state index < -0.39 is 0 Å². The molecule has 94 valence electrons. The third-order valence-electron chi connectivity index (χ3n) is 3.15. The van der Waals surface area contributed by atoms with Gasteiger partial charge in [0.05, 0.1) is 15.7 Å². The van der Waals surface area contributed by atoms with Gasteiger partial charge in [-0.05, 0) is 30.0 Å². The summed E-state index contributed by atoms with van der Waals surface area (Å²) in [4.78, 5) is 4.19. The van der Waals surface area contributed by atoms with Crippen molar-refractivity contribution in [3.05, 3.63) is 42.2 Å². The second-order valence-electron chi connectivity index (χ2n) is 4.28. The van der Waals surface area contributed by atoms with E-state index in [1.807, 2.05) is 24.4 Å². The van der Waals surface area contributed by atoms with E-state index in [1.165, 1.54) is 0 Å². The monoisotopic (exact) mass is 380 g/mol. The molecule has 2 aromatic heterocycles. The predicted octanol–water partition coefficient (Wildman–Crippen LogP) is 2.99. The van der Waals surface area contributed by atoms with Gasteiger partial charge >= 0.3 is 0 Å². The minimum atomic E-state index is 0.448. The number of rotatable bonds is 2. The fraction of sp³-hybridized carbons (Fsp3) is 0.214. The molecule has 0 N–H and O–H groups in total. The molecule has 0 spiro atoms. The third-order valence-corrected chi connectivity index (χ3v) is 5.41. The number of alkyl halides is 1. The molecule has 0 saturated heterocycles. The number of aromatic nitrogens is 2. The summed E-state index contributed by atoms with van der Waals surface area (Å²) in [5, 5.41) is 10.3. The predicted molar refractivity (Wildman–Crippen MR) is 83.2 cm³/mol. The van der Waals surface area contributed by atoms with Crippen molar-refractivity contribution in [2.75, 3.05) is 10.2 Å². The van der Waals surface area contributed by atoms with Gasteiger partial charge in [-0.15, -0.1) is 0 Å². The molecule has 1 atom stereocenters. The summed E-state index contributed by atoms with van der Waals surface area (Å²) >= 11 is 4.19. The Morgan fingerprint density at radius 2 is 2.37 bits per heavy atom. The van der Waals surface area contributed by atoms with Crippen LogP contribution < -0.4 is 4.57 Å². The van der Waals surface area contributed by atoms with E-state index in [2.05, 4.69) is 44.3 Å². The fourth-order valence-corrected chi connectivity index (χ4v) is 4.66. The van der Waals surface area contributed by atoms with Crippen molar-refractivity contribution in [2.24, 2.45) is 0 Å². The molecular weight excluding hydrogens is 369 g/mol. The number of halogens is 1. The molecule has 3 nitrogen and oxygen atoms in total. The molecule has 19 heavy (non-hydrogen) atoms. The highest BCUT2D eigenvalue weighted by molar-refractivity contribution is 14.1. The average Bonchev–Trinajstić information content (AvgIpc) is 2.91. The molecule has 0 amide bonds. The van der Waals surface area contributed by atoms with Crippen molar-refractivity contribution in [1.29, 1.82) is 5.26 Å². The van der Waals surface area contributed by atoms with E-state index >= 15 is 0 Å². The molecular formula is C14H11IN3S+. The first-order valence-electron chi connectivity index (χ1n) is 5.93. The van der Waals surface area contributed by atoms with Crippen LogP contribution in [0.5, 0.6) is 0 Å². The van der Waals surface area contributed by atoms with Gasteiger partial charge in [-0.2, -0.15) is 9.83 Å². The molecule has 0 bridgehead atoms. The zero-order chi connectivity index (χ0) is 13.2. The molecule has 1 aliphatic rings. The maximum absolute atomic E-state index is 9.23. The molecule has 0 radical (unpaired) electrons. The Labute approximate surface area is 129 Å². The molecule has 0 aliphatic carbocycles. The van der Waals surface area contributed by atoms with E-state index in [-0.39, 0.29) is 0 Å². The Balaban J connectivity index is 2.23. The molecule has 1 aliphatic heterocycles.